The molecule has 7 heteroatoms. The molecular weight excluding hydrogens is 313 g/mol. The van der Waals surface area contributed by atoms with Crippen molar-refractivity contribution in [3.05, 3.63) is 65.2 Å². The number of carbonyl (C=O) groups excluding carboxylic acids is 2. The minimum atomic E-state index is -4.54. The third-order valence-electron chi connectivity index (χ3n) is 2.91. The molecule has 0 aliphatic heterocycles. The zero-order chi connectivity index (χ0) is 17.0. The van der Waals surface area contributed by atoms with E-state index in [2.05, 4.69) is 4.74 Å². The van der Waals surface area contributed by atoms with Gasteiger partial charge in [-0.25, -0.2) is 9.59 Å². The lowest BCUT2D eigenvalue weighted by Crippen LogP contribution is -2.11. The Morgan fingerprint density at radius 3 is 2.13 bits per heavy atom. The van der Waals surface area contributed by atoms with Gasteiger partial charge in [0.2, 0.25) is 0 Å². The van der Waals surface area contributed by atoms with Crippen LogP contribution in [0.5, 0.6) is 5.75 Å². The van der Waals surface area contributed by atoms with E-state index in [1.54, 1.807) is 0 Å². The van der Waals surface area contributed by atoms with Gasteiger partial charge in [-0.1, -0.05) is 6.07 Å². The maximum absolute atomic E-state index is 12.6. The number of carbonyl (C=O) groups is 2. The maximum atomic E-state index is 12.6. The summed E-state index contributed by atoms with van der Waals surface area (Å²) in [7, 11) is 1.23. The second-order valence-corrected chi connectivity index (χ2v) is 4.48. The van der Waals surface area contributed by atoms with Gasteiger partial charge in [0.25, 0.3) is 0 Å². The van der Waals surface area contributed by atoms with Crippen LogP contribution in [0.3, 0.4) is 0 Å². The first kappa shape index (κ1) is 16.5. The van der Waals surface area contributed by atoms with Crippen LogP contribution in [0.4, 0.5) is 13.2 Å². The highest BCUT2D eigenvalue weighted by Crippen LogP contribution is 2.29. The molecule has 0 amide bonds. The quantitative estimate of drug-likeness (QED) is 0.638. The van der Waals surface area contributed by atoms with Crippen LogP contribution >= 0.6 is 0 Å². The molecule has 0 N–H and O–H groups in total. The summed E-state index contributed by atoms with van der Waals surface area (Å²) in [6, 6.07) is 9.37. The van der Waals surface area contributed by atoms with Crippen LogP contribution < -0.4 is 4.74 Å². The van der Waals surface area contributed by atoms with Crippen LogP contribution in [0.15, 0.2) is 48.5 Å². The first-order valence-corrected chi connectivity index (χ1v) is 6.39. The summed E-state index contributed by atoms with van der Waals surface area (Å²) in [5, 5.41) is 0. The van der Waals surface area contributed by atoms with E-state index in [4.69, 9.17) is 4.74 Å². The van der Waals surface area contributed by atoms with E-state index in [1.807, 2.05) is 0 Å². The van der Waals surface area contributed by atoms with Crippen molar-refractivity contribution in [3.8, 4) is 5.75 Å². The molecule has 0 saturated carbocycles. The van der Waals surface area contributed by atoms with Crippen LogP contribution in [0.1, 0.15) is 26.3 Å². The smallest absolute Gasteiger partial charge is 0.416 e. The summed E-state index contributed by atoms with van der Waals surface area (Å²) < 4.78 is 47.3. The van der Waals surface area contributed by atoms with Gasteiger partial charge < -0.3 is 9.47 Å². The number of halogens is 3. The molecule has 0 aliphatic rings. The van der Waals surface area contributed by atoms with E-state index < -0.39 is 23.7 Å². The number of rotatable bonds is 3. The van der Waals surface area contributed by atoms with Crippen LogP contribution in [-0.4, -0.2) is 19.0 Å². The van der Waals surface area contributed by atoms with Crippen molar-refractivity contribution in [2.45, 2.75) is 6.18 Å². The van der Waals surface area contributed by atoms with Crippen LogP contribution in [0, 0.1) is 0 Å². The highest BCUT2D eigenvalue weighted by molar-refractivity contribution is 5.92. The lowest BCUT2D eigenvalue weighted by molar-refractivity contribution is -0.137. The first-order chi connectivity index (χ1) is 10.8. The molecule has 0 aliphatic carbocycles. The molecule has 0 radical (unpaired) electrons. The molecule has 2 aromatic rings. The number of esters is 2. The third kappa shape index (κ3) is 4.09. The lowest BCUT2D eigenvalue weighted by Gasteiger charge is -2.09. The number of methoxy groups -OCH3 is 1. The van der Waals surface area contributed by atoms with Gasteiger partial charge in [0, 0.05) is 0 Å². The number of ether oxygens (including phenoxy) is 2. The van der Waals surface area contributed by atoms with Gasteiger partial charge in [-0.2, -0.15) is 13.2 Å². The van der Waals surface area contributed by atoms with Crippen molar-refractivity contribution in [2.24, 2.45) is 0 Å². The van der Waals surface area contributed by atoms with Crippen molar-refractivity contribution in [1.29, 1.82) is 0 Å². The van der Waals surface area contributed by atoms with Gasteiger partial charge in [-0.15, -0.1) is 0 Å². The van der Waals surface area contributed by atoms with E-state index in [1.165, 1.54) is 37.4 Å². The Kier molecular flexibility index (Phi) is 4.68. The Hall–Kier alpha value is -2.83. The molecule has 4 nitrogen and oxygen atoms in total. The average molecular weight is 324 g/mol. The Bertz CT molecular complexity index is 721. The van der Waals surface area contributed by atoms with E-state index in [0.29, 0.717) is 6.07 Å². The summed E-state index contributed by atoms with van der Waals surface area (Å²) in [6.45, 7) is 0. The molecule has 23 heavy (non-hydrogen) atoms. The molecular formula is C16H11F3O4. The topological polar surface area (TPSA) is 52.6 Å². The molecule has 2 rings (SSSR count). The average Bonchev–Trinajstić information content (AvgIpc) is 2.54. The summed E-state index contributed by atoms with van der Waals surface area (Å²) >= 11 is 0. The molecule has 2 aromatic carbocycles. The monoisotopic (exact) mass is 324 g/mol. The molecule has 0 unspecified atom stereocenters. The van der Waals surface area contributed by atoms with Gasteiger partial charge in [0.1, 0.15) is 5.75 Å². The second kappa shape index (κ2) is 6.51. The maximum Gasteiger partial charge on any atom is 0.416 e. The summed E-state index contributed by atoms with van der Waals surface area (Å²) in [5.74, 6) is -1.39. The lowest BCUT2D eigenvalue weighted by atomic mass is 10.1. The molecule has 0 bridgehead atoms. The predicted molar refractivity (Wildman–Crippen MR) is 74.2 cm³/mol. The Morgan fingerprint density at radius 1 is 0.913 bits per heavy atom. The molecule has 0 spiro atoms. The Labute approximate surface area is 129 Å². The van der Waals surface area contributed by atoms with E-state index in [-0.39, 0.29) is 16.9 Å². The van der Waals surface area contributed by atoms with Crippen LogP contribution in [0.25, 0.3) is 0 Å². The zero-order valence-corrected chi connectivity index (χ0v) is 11.9. The van der Waals surface area contributed by atoms with E-state index in [0.717, 1.165) is 12.1 Å². The fourth-order valence-electron chi connectivity index (χ4n) is 1.77. The van der Waals surface area contributed by atoms with Gasteiger partial charge in [-0.05, 0) is 42.5 Å². The van der Waals surface area contributed by atoms with Gasteiger partial charge >= 0.3 is 18.1 Å². The fraction of sp³-hybridized carbons (Fsp3) is 0.125. The standard InChI is InChI=1S/C16H11F3O4/c1-22-14(20)10-5-7-13(8-6-10)23-15(21)11-3-2-4-12(9-11)16(17,18)19/h2-9H,1H3. The molecule has 0 fully saturated rings. The molecule has 0 heterocycles. The van der Waals surface area contributed by atoms with Crippen molar-refractivity contribution in [3.63, 3.8) is 0 Å². The molecule has 0 aromatic heterocycles. The summed E-state index contributed by atoms with van der Waals surface area (Å²) in [4.78, 5) is 23.2. The van der Waals surface area contributed by atoms with Crippen LogP contribution in [0.2, 0.25) is 0 Å². The Morgan fingerprint density at radius 2 is 1.57 bits per heavy atom. The largest absolute Gasteiger partial charge is 0.465 e. The van der Waals surface area contributed by atoms with E-state index in [9.17, 15) is 22.8 Å². The number of benzene rings is 2. The molecule has 120 valence electrons. The zero-order valence-electron chi connectivity index (χ0n) is 11.9. The molecule has 0 atom stereocenters. The summed E-state index contributed by atoms with van der Waals surface area (Å²) in [5.41, 5.74) is -0.906. The van der Waals surface area contributed by atoms with Crippen molar-refractivity contribution in [1.82, 2.24) is 0 Å². The Balaban J connectivity index is 2.15. The number of hydrogen-bond acceptors (Lipinski definition) is 4. The molecule has 0 saturated heterocycles. The minimum absolute atomic E-state index is 0.0973. The number of hydrogen-bond donors (Lipinski definition) is 0. The van der Waals surface area contributed by atoms with E-state index >= 15 is 0 Å². The second-order valence-electron chi connectivity index (χ2n) is 4.48. The highest BCUT2D eigenvalue weighted by Gasteiger charge is 2.31. The first-order valence-electron chi connectivity index (χ1n) is 6.39. The third-order valence-corrected chi connectivity index (χ3v) is 2.91. The SMILES string of the molecule is COC(=O)c1ccc(OC(=O)c2cccc(C(F)(F)F)c2)cc1. The van der Waals surface area contributed by atoms with Gasteiger partial charge in [0.05, 0.1) is 23.8 Å². The summed E-state index contributed by atoms with van der Waals surface area (Å²) in [6.07, 6.45) is -4.54. The van der Waals surface area contributed by atoms with Crippen molar-refractivity contribution >= 4 is 11.9 Å². The van der Waals surface area contributed by atoms with Crippen molar-refractivity contribution in [2.75, 3.05) is 7.11 Å². The van der Waals surface area contributed by atoms with Crippen molar-refractivity contribution < 1.29 is 32.2 Å². The minimum Gasteiger partial charge on any atom is -0.465 e. The normalized spacial score (nSPS) is 11.0. The predicted octanol–water partition coefficient (Wildman–Crippen LogP) is 3.71. The number of alkyl halides is 3. The highest BCUT2D eigenvalue weighted by atomic mass is 19.4. The van der Waals surface area contributed by atoms with Gasteiger partial charge in [0.15, 0.2) is 0 Å². The van der Waals surface area contributed by atoms with Crippen LogP contribution in [-0.2, 0) is 10.9 Å². The van der Waals surface area contributed by atoms with Gasteiger partial charge in [-0.3, -0.25) is 0 Å². The fourth-order valence-corrected chi connectivity index (χ4v) is 1.77.